The van der Waals surface area contributed by atoms with Crippen molar-refractivity contribution in [3.8, 4) is 5.75 Å². The van der Waals surface area contributed by atoms with Crippen molar-refractivity contribution in [2.45, 2.75) is 25.1 Å². The summed E-state index contributed by atoms with van der Waals surface area (Å²) >= 11 is 0. The molecule has 0 bridgehead atoms. The van der Waals surface area contributed by atoms with Crippen molar-refractivity contribution in [3.05, 3.63) is 29.8 Å². The lowest BCUT2D eigenvalue weighted by Gasteiger charge is -2.28. The first-order valence-corrected chi connectivity index (χ1v) is 8.22. The van der Waals surface area contributed by atoms with E-state index in [9.17, 15) is 23.1 Å². The summed E-state index contributed by atoms with van der Waals surface area (Å²) in [6.07, 6.45) is -3.89. The number of benzene rings is 1. The molecule has 1 aliphatic heterocycles. The highest BCUT2D eigenvalue weighted by atomic mass is 19.4. The second-order valence-electron chi connectivity index (χ2n) is 6.22. The number of aliphatic hydroxyl groups excluding tert-OH is 1. The van der Waals surface area contributed by atoms with Gasteiger partial charge >= 0.3 is 6.18 Å². The number of alkyl halides is 3. The van der Waals surface area contributed by atoms with Crippen molar-refractivity contribution in [2.24, 2.45) is 5.92 Å². The van der Waals surface area contributed by atoms with E-state index in [1.165, 1.54) is 23.1 Å². The molecule has 0 radical (unpaired) electrons. The van der Waals surface area contributed by atoms with Gasteiger partial charge in [0.1, 0.15) is 18.5 Å². The Morgan fingerprint density at radius 3 is 2.80 bits per heavy atom. The molecule has 2 atom stereocenters. The zero-order valence-electron chi connectivity index (χ0n) is 14.1. The van der Waals surface area contributed by atoms with Gasteiger partial charge in [0.2, 0.25) is 5.91 Å². The van der Waals surface area contributed by atoms with Crippen LogP contribution in [0.2, 0.25) is 0 Å². The fraction of sp³-hybridized carbons (Fsp3) is 0.588. The van der Waals surface area contributed by atoms with Crippen LogP contribution in [0.5, 0.6) is 5.75 Å². The second kappa shape index (κ2) is 8.53. The molecule has 1 fully saturated rings. The number of nitrogens with one attached hydrogen (secondary N) is 1. The Labute approximate surface area is 144 Å². The zero-order chi connectivity index (χ0) is 18.4. The number of carbonyl (C=O) groups is 1. The van der Waals surface area contributed by atoms with E-state index in [0.29, 0.717) is 6.54 Å². The third-order valence-electron chi connectivity index (χ3n) is 4.13. The van der Waals surface area contributed by atoms with Crippen LogP contribution in [0.4, 0.5) is 13.2 Å². The maximum absolute atomic E-state index is 12.9. The van der Waals surface area contributed by atoms with Crippen molar-refractivity contribution in [1.82, 2.24) is 10.2 Å². The van der Waals surface area contributed by atoms with E-state index in [4.69, 9.17) is 4.74 Å². The van der Waals surface area contributed by atoms with Crippen LogP contribution in [-0.2, 0) is 11.0 Å². The molecule has 0 saturated carbocycles. The molecule has 8 heteroatoms. The van der Waals surface area contributed by atoms with Gasteiger partial charge in [0.15, 0.2) is 0 Å². The SMILES string of the molecule is CN(CC(O)COc1ccccc1C(F)(F)F)C(=O)C1CCCNC1. The van der Waals surface area contributed by atoms with E-state index < -0.39 is 17.8 Å². The lowest BCUT2D eigenvalue weighted by Crippen LogP contribution is -2.44. The van der Waals surface area contributed by atoms with Crippen molar-refractivity contribution in [2.75, 3.05) is 33.3 Å². The van der Waals surface area contributed by atoms with E-state index in [1.807, 2.05) is 0 Å². The molecular weight excluding hydrogens is 337 g/mol. The van der Waals surface area contributed by atoms with Crippen molar-refractivity contribution < 1.29 is 27.8 Å². The van der Waals surface area contributed by atoms with Crippen LogP contribution in [0.3, 0.4) is 0 Å². The van der Waals surface area contributed by atoms with Gasteiger partial charge in [0.25, 0.3) is 0 Å². The number of piperidine rings is 1. The molecule has 1 amide bonds. The summed E-state index contributed by atoms with van der Waals surface area (Å²) in [5, 5.41) is 13.2. The predicted octanol–water partition coefficient (Wildman–Crippen LogP) is 1.90. The van der Waals surface area contributed by atoms with Crippen LogP contribution in [0, 0.1) is 5.92 Å². The number of para-hydroxylation sites is 1. The Bertz CT molecular complexity index is 575. The predicted molar refractivity (Wildman–Crippen MR) is 86.2 cm³/mol. The molecule has 2 rings (SSSR count). The molecule has 0 aliphatic carbocycles. The topological polar surface area (TPSA) is 61.8 Å². The van der Waals surface area contributed by atoms with Crippen LogP contribution < -0.4 is 10.1 Å². The highest BCUT2D eigenvalue weighted by molar-refractivity contribution is 5.79. The van der Waals surface area contributed by atoms with Gasteiger partial charge in [-0.3, -0.25) is 4.79 Å². The summed E-state index contributed by atoms with van der Waals surface area (Å²) in [7, 11) is 1.57. The van der Waals surface area contributed by atoms with Gasteiger partial charge in [-0.1, -0.05) is 12.1 Å². The van der Waals surface area contributed by atoms with E-state index in [2.05, 4.69) is 5.32 Å². The van der Waals surface area contributed by atoms with Crippen molar-refractivity contribution in [1.29, 1.82) is 0 Å². The van der Waals surface area contributed by atoms with Crippen molar-refractivity contribution in [3.63, 3.8) is 0 Å². The molecule has 2 N–H and O–H groups in total. The first-order valence-electron chi connectivity index (χ1n) is 8.22. The molecule has 0 aromatic heterocycles. The average molecular weight is 360 g/mol. The maximum Gasteiger partial charge on any atom is 0.419 e. The molecule has 1 aromatic carbocycles. The largest absolute Gasteiger partial charge is 0.490 e. The minimum absolute atomic E-state index is 0.00349. The van der Waals surface area contributed by atoms with Gasteiger partial charge in [0.05, 0.1) is 11.5 Å². The van der Waals surface area contributed by atoms with Gasteiger partial charge in [-0.25, -0.2) is 0 Å². The van der Waals surface area contributed by atoms with Crippen LogP contribution >= 0.6 is 0 Å². The smallest absolute Gasteiger partial charge is 0.419 e. The highest BCUT2D eigenvalue weighted by Crippen LogP contribution is 2.35. The van der Waals surface area contributed by atoms with Gasteiger partial charge < -0.3 is 20.1 Å². The standard InChI is InChI=1S/C17H23F3N2O3/c1-22(16(24)12-5-4-8-21-9-12)10-13(23)11-25-15-7-3-2-6-14(15)17(18,19)20/h2-3,6-7,12-13,21,23H,4-5,8-11H2,1H3. The van der Waals surface area contributed by atoms with Crippen LogP contribution in [0.25, 0.3) is 0 Å². The molecule has 0 spiro atoms. The second-order valence-corrected chi connectivity index (χ2v) is 6.22. The summed E-state index contributed by atoms with van der Waals surface area (Å²) in [4.78, 5) is 13.7. The average Bonchev–Trinajstić information content (AvgIpc) is 2.59. The highest BCUT2D eigenvalue weighted by Gasteiger charge is 2.34. The molecule has 1 aliphatic rings. The Morgan fingerprint density at radius 2 is 2.16 bits per heavy atom. The normalized spacial score (nSPS) is 19.3. The number of halogens is 3. The number of hydrogen-bond donors (Lipinski definition) is 2. The summed E-state index contributed by atoms with van der Waals surface area (Å²) < 4.78 is 43.8. The number of rotatable bonds is 6. The monoisotopic (exact) mass is 360 g/mol. The lowest BCUT2D eigenvalue weighted by atomic mass is 9.98. The third kappa shape index (κ3) is 5.61. The minimum atomic E-state index is -4.53. The third-order valence-corrected chi connectivity index (χ3v) is 4.13. The Balaban J connectivity index is 1.86. The molecule has 1 heterocycles. The molecule has 140 valence electrons. The fourth-order valence-electron chi connectivity index (χ4n) is 2.85. The van der Waals surface area contributed by atoms with E-state index in [-0.39, 0.29) is 30.7 Å². The Hall–Kier alpha value is -1.80. The number of hydrogen-bond acceptors (Lipinski definition) is 4. The lowest BCUT2D eigenvalue weighted by molar-refractivity contribution is -0.139. The van der Waals surface area contributed by atoms with Crippen LogP contribution in [-0.4, -0.2) is 55.3 Å². The van der Waals surface area contributed by atoms with Gasteiger partial charge in [-0.15, -0.1) is 0 Å². The molecule has 2 unspecified atom stereocenters. The van der Waals surface area contributed by atoms with Crippen LogP contribution in [0.15, 0.2) is 24.3 Å². The van der Waals surface area contributed by atoms with E-state index in [1.54, 1.807) is 7.05 Å². The summed E-state index contributed by atoms with van der Waals surface area (Å²) in [5.74, 6) is -0.542. The zero-order valence-corrected chi connectivity index (χ0v) is 14.1. The molecule has 25 heavy (non-hydrogen) atoms. The Kier molecular flexibility index (Phi) is 6.66. The number of carbonyl (C=O) groups excluding carboxylic acids is 1. The minimum Gasteiger partial charge on any atom is -0.490 e. The molecular formula is C17H23F3N2O3. The quantitative estimate of drug-likeness (QED) is 0.814. The maximum atomic E-state index is 12.9. The Morgan fingerprint density at radius 1 is 1.44 bits per heavy atom. The number of ether oxygens (including phenoxy) is 1. The van der Waals surface area contributed by atoms with Crippen LogP contribution in [0.1, 0.15) is 18.4 Å². The van der Waals surface area contributed by atoms with Crippen molar-refractivity contribution >= 4 is 5.91 Å². The van der Waals surface area contributed by atoms with Gasteiger partial charge in [0, 0.05) is 20.1 Å². The number of amides is 1. The summed E-state index contributed by atoms with van der Waals surface area (Å²) in [5.41, 5.74) is -0.889. The number of likely N-dealkylation sites (N-methyl/N-ethyl adjacent to an activating group) is 1. The number of aliphatic hydroxyl groups is 1. The van der Waals surface area contributed by atoms with Gasteiger partial charge in [-0.05, 0) is 31.5 Å². The van der Waals surface area contributed by atoms with E-state index in [0.717, 1.165) is 25.5 Å². The fourth-order valence-corrected chi connectivity index (χ4v) is 2.85. The first-order chi connectivity index (χ1) is 11.8. The van der Waals surface area contributed by atoms with E-state index >= 15 is 0 Å². The molecule has 1 saturated heterocycles. The van der Waals surface area contributed by atoms with Gasteiger partial charge in [-0.2, -0.15) is 13.2 Å². The molecule has 5 nitrogen and oxygen atoms in total. The summed E-state index contributed by atoms with van der Waals surface area (Å²) in [6, 6.07) is 4.84. The molecule has 1 aromatic rings. The first kappa shape index (κ1) is 19.5. The summed E-state index contributed by atoms with van der Waals surface area (Å²) in [6.45, 7) is 1.18. The number of nitrogens with zero attached hydrogens (tertiary/aromatic N) is 1.